The third-order valence-electron chi connectivity index (χ3n) is 5.13. The van der Waals surface area contributed by atoms with E-state index in [1.54, 1.807) is 24.3 Å². The smallest absolute Gasteiger partial charge is 0.264 e. The normalized spacial score (nSPS) is 17.3. The minimum Gasteiger partial charge on any atom is -0.494 e. The molecule has 1 saturated heterocycles. The fraction of sp³-hybridized carbons (Fsp3) is 0.292. The van der Waals surface area contributed by atoms with E-state index in [1.807, 2.05) is 39.0 Å². The van der Waals surface area contributed by atoms with Crippen LogP contribution in [0.15, 0.2) is 53.1 Å². The number of anilines is 1. The second-order valence-corrected chi connectivity index (χ2v) is 8.39. The highest BCUT2D eigenvalue weighted by atomic mass is 32.2. The first-order valence-corrected chi connectivity index (χ1v) is 10.9. The molecule has 0 spiro atoms. The fourth-order valence-electron chi connectivity index (χ4n) is 3.35. The summed E-state index contributed by atoms with van der Waals surface area (Å²) in [5.74, 6) is 0.0224. The first-order valence-electron chi connectivity index (χ1n) is 10.1. The molecule has 1 fully saturated rings. The zero-order chi connectivity index (χ0) is 22.5. The molecule has 1 unspecified atom stereocenters. The van der Waals surface area contributed by atoms with Gasteiger partial charge in [-0.25, -0.2) is 0 Å². The number of carbonyl (C=O) groups is 2. The molecule has 0 aliphatic carbocycles. The number of thioether (sulfide) groups is 1. The highest BCUT2D eigenvalue weighted by molar-refractivity contribution is 8.05. The Hall–Kier alpha value is -3.24. The van der Waals surface area contributed by atoms with Crippen molar-refractivity contribution >= 4 is 29.3 Å². The molecular weight excluding hydrogens is 410 g/mol. The van der Waals surface area contributed by atoms with Crippen LogP contribution in [-0.4, -0.2) is 30.7 Å². The minimum atomic E-state index is -0.513. The number of nitriles is 1. The van der Waals surface area contributed by atoms with Gasteiger partial charge in [0.2, 0.25) is 5.91 Å². The molecule has 2 aromatic rings. The number of carbonyl (C=O) groups excluding carboxylic acids is 2. The van der Waals surface area contributed by atoms with Crippen molar-refractivity contribution in [2.45, 2.75) is 32.4 Å². The van der Waals surface area contributed by atoms with E-state index in [4.69, 9.17) is 4.74 Å². The Morgan fingerprint density at radius 1 is 1.19 bits per heavy atom. The van der Waals surface area contributed by atoms with Gasteiger partial charge in [0.05, 0.1) is 11.9 Å². The van der Waals surface area contributed by atoms with Crippen molar-refractivity contribution < 1.29 is 14.3 Å². The number of likely N-dealkylation sites (N-methyl/N-ethyl adjacent to an activating group) is 1. The van der Waals surface area contributed by atoms with Gasteiger partial charge in [-0.05, 0) is 68.1 Å². The van der Waals surface area contributed by atoms with Gasteiger partial charge in [0.25, 0.3) is 5.91 Å². The van der Waals surface area contributed by atoms with Crippen LogP contribution < -0.4 is 15.0 Å². The molecule has 1 N–H and O–H groups in total. The first-order chi connectivity index (χ1) is 14.9. The van der Waals surface area contributed by atoms with E-state index in [-0.39, 0.29) is 11.5 Å². The van der Waals surface area contributed by atoms with Gasteiger partial charge < -0.3 is 10.1 Å². The van der Waals surface area contributed by atoms with E-state index >= 15 is 0 Å². The maximum absolute atomic E-state index is 13.4. The molecule has 160 valence electrons. The van der Waals surface area contributed by atoms with Crippen molar-refractivity contribution in [3.05, 3.63) is 69.8 Å². The predicted molar refractivity (Wildman–Crippen MR) is 123 cm³/mol. The van der Waals surface area contributed by atoms with Crippen LogP contribution in [0.2, 0.25) is 0 Å². The zero-order valence-corrected chi connectivity index (χ0v) is 18.9. The molecule has 6 nitrogen and oxygen atoms in total. The van der Waals surface area contributed by atoms with E-state index in [0.29, 0.717) is 29.5 Å². The molecule has 2 aromatic carbocycles. The zero-order valence-electron chi connectivity index (χ0n) is 18.1. The number of nitrogens with one attached hydrogen (secondary N) is 1. The lowest BCUT2D eigenvalue weighted by atomic mass is 10.0. The van der Waals surface area contributed by atoms with E-state index < -0.39 is 11.2 Å². The number of hydrogen-bond acceptors (Lipinski definition) is 5. The van der Waals surface area contributed by atoms with Gasteiger partial charge in [-0.2, -0.15) is 5.26 Å². The van der Waals surface area contributed by atoms with Crippen molar-refractivity contribution in [2.24, 2.45) is 0 Å². The fourth-order valence-corrected chi connectivity index (χ4v) is 4.66. The van der Waals surface area contributed by atoms with E-state index in [1.165, 1.54) is 29.3 Å². The van der Waals surface area contributed by atoms with Crippen LogP contribution in [-0.2, 0) is 16.0 Å². The molecule has 7 heteroatoms. The highest BCUT2D eigenvalue weighted by Gasteiger charge is 2.40. The molecule has 0 aromatic heterocycles. The summed E-state index contributed by atoms with van der Waals surface area (Å²) in [5.41, 5.74) is 3.92. The molecule has 3 rings (SSSR count). The van der Waals surface area contributed by atoms with Crippen LogP contribution in [0.3, 0.4) is 0 Å². The number of nitrogens with zero attached hydrogens (tertiary/aromatic N) is 2. The minimum absolute atomic E-state index is 0.0719. The van der Waals surface area contributed by atoms with Gasteiger partial charge in [0.15, 0.2) is 0 Å². The van der Waals surface area contributed by atoms with Crippen molar-refractivity contribution in [2.75, 3.05) is 18.6 Å². The summed E-state index contributed by atoms with van der Waals surface area (Å²) >= 11 is 1.26. The summed E-state index contributed by atoms with van der Waals surface area (Å²) in [6.07, 6.45) is 0.508. The largest absolute Gasteiger partial charge is 0.494 e. The monoisotopic (exact) mass is 435 g/mol. The lowest BCUT2D eigenvalue weighted by Crippen LogP contribution is -2.31. The average molecular weight is 436 g/mol. The molecule has 1 aliphatic heterocycles. The van der Waals surface area contributed by atoms with Crippen LogP contribution in [0.1, 0.15) is 23.6 Å². The SMILES string of the molecule is CCOc1ccc(N2C(=O)C(Cc3ccc(C)c(C)c3)S/C2=C(/C#N)C(=O)NC)cc1. The van der Waals surface area contributed by atoms with Crippen molar-refractivity contribution in [3.63, 3.8) is 0 Å². The summed E-state index contributed by atoms with van der Waals surface area (Å²) in [6, 6.07) is 15.2. The van der Waals surface area contributed by atoms with Crippen molar-refractivity contribution in [3.8, 4) is 11.8 Å². The maximum Gasteiger partial charge on any atom is 0.264 e. The van der Waals surface area contributed by atoms with Gasteiger partial charge in [-0.3, -0.25) is 14.5 Å². The average Bonchev–Trinajstić information content (AvgIpc) is 3.07. The number of ether oxygens (including phenoxy) is 1. The number of benzene rings is 2. The molecule has 1 aliphatic rings. The van der Waals surface area contributed by atoms with Crippen LogP contribution in [0.25, 0.3) is 0 Å². The first kappa shape index (κ1) is 22.4. The van der Waals surface area contributed by atoms with Crippen LogP contribution in [0, 0.1) is 25.2 Å². The Morgan fingerprint density at radius 2 is 1.90 bits per heavy atom. The number of aryl methyl sites for hydroxylation is 2. The quantitative estimate of drug-likeness (QED) is 0.550. The standard InChI is InChI=1S/C24H25N3O3S/c1-5-30-19-10-8-18(9-11-19)27-23(29)21(13-17-7-6-15(2)16(3)12-17)31-24(27)20(14-25)22(28)26-4/h6-12,21H,5,13H2,1-4H3,(H,26,28)/b24-20-. The predicted octanol–water partition coefficient (Wildman–Crippen LogP) is 3.87. The molecule has 2 amide bonds. The Balaban J connectivity index is 2.01. The van der Waals surface area contributed by atoms with Gasteiger partial charge in [-0.15, -0.1) is 0 Å². The lowest BCUT2D eigenvalue weighted by Gasteiger charge is -2.19. The molecule has 0 radical (unpaired) electrons. The van der Waals surface area contributed by atoms with Gasteiger partial charge >= 0.3 is 0 Å². The Bertz CT molecular complexity index is 1070. The van der Waals surface area contributed by atoms with E-state index in [2.05, 4.69) is 11.4 Å². The maximum atomic E-state index is 13.4. The summed E-state index contributed by atoms with van der Waals surface area (Å²) < 4.78 is 5.49. The summed E-state index contributed by atoms with van der Waals surface area (Å²) in [5, 5.41) is 12.1. The second kappa shape index (κ2) is 9.71. The Morgan fingerprint density at radius 3 is 2.48 bits per heavy atom. The third-order valence-corrected chi connectivity index (χ3v) is 6.39. The number of amides is 2. The lowest BCUT2D eigenvalue weighted by molar-refractivity contribution is -0.117. The second-order valence-electron chi connectivity index (χ2n) is 7.20. The van der Waals surface area contributed by atoms with Crippen molar-refractivity contribution in [1.82, 2.24) is 5.32 Å². The van der Waals surface area contributed by atoms with Gasteiger partial charge in [0, 0.05) is 12.7 Å². The molecule has 0 bridgehead atoms. The third kappa shape index (κ3) is 4.75. The summed E-state index contributed by atoms with van der Waals surface area (Å²) in [4.78, 5) is 27.2. The van der Waals surface area contributed by atoms with Crippen LogP contribution >= 0.6 is 11.8 Å². The molecule has 31 heavy (non-hydrogen) atoms. The van der Waals surface area contributed by atoms with E-state index in [9.17, 15) is 14.9 Å². The molecular formula is C24H25N3O3S. The van der Waals surface area contributed by atoms with Crippen LogP contribution in [0.4, 0.5) is 5.69 Å². The highest BCUT2D eigenvalue weighted by Crippen LogP contribution is 2.42. The number of rotatable bonds is 6. The van der Waals surface area contributed by atoms with Crippen molar-refractivity contribution in [1.29, 1.82) is 5.26 Å². The summed E-state index contributed by atoms with van der Waals surface area (Å²) in [7, 11) is 1.47. The molecule has 1 atom stereocenters. The number of hydrogen-bond donors (Lipinski definition) is 1. The van der Waals surface area contributed by atoms with E-state index in [0.717, 1.165) is 11.1 Å². The summed E-state index contributed by atoms with van der Waals surface area (Å²) in [6.45, 7) is 6.52. The van der Waals surface area contributed by atoms with Crippen LogP contribution in [0.5, 0.6) is 5.75 Å². The van der Waals surface area contributed by atoms with Gasteiger partial charge in [-0.1, -0.05) is 30.0 Å². The molecule has 1 heterocycles. The molecule has 0 saturated carbocycles. The Labute approximate surface area is 186 Å². The topological polar surface area (TPSA) is 82.4 Å². The Kier molecular flexibility index (Phi) is 7.03. The van der Waals surface area contributed by atoms with Gasteiger partial charge in [0.1, 0.15) is 22.4 Å².